The summed E-state index contributed by atoms with van der Waals surface area (Å²) in [6.07, 6.45) is 18.1. The summed E-state index contributed by atoms with van der Waals surface area (Å²) in [6, 6.07) is 25.7. The van der Waals surface area contributed by atoms with Crippen molar-refractivity contribution >= 4 is 16.7 Å². The minimum atomic E-state index is 0.947. The van der Waals surface area contributed by atoms with E-state index >= 15 is 0 Å². The molecule has 3 aromatic carbocycles. The van der Waals surface area contributed by atoms with E-state index in [0.29, 0.717) is 0 Å². The van der Waals surface area contributed by atoms with Crippen LogP contribution in [0, 0.1) is 20.8 Å². The summed E-state index contributed by atoms with van der Waals surface area (Å²) in [4.78, 5) is 13.3. The normalized spacial score (nSPS) is 13.0. The molecule has 3 aromatic heterocycles. The topological polar surface area (TPSA) is 53.5 Å². The van der Waals surface area contributed by atoms with Crippen LogP contribution in [-0.2, 0) is 0 Å². The van der Waals surface area contributed by atoms with Crippen LogP contribution < -0.4 is 0 Å². The highest BCUT2D eigenvalue weighted by molar-refractivity contribution is 5.96. The van der Waals surface area contributed by atoms with E-state index in [1.165, 1.54) is 0 Å². The molecule has 0 atom stereocenters. The molecule has 208 valence electrons. The van der Waals surface area contributed by atoms with Crippen LogP contribution in [0.2, 0.25) is 0 Å². The summed E-state index contributed by atoms with van der Waals surface area (Å²) < 4.78 is 6.30. The van der Waals surface area contributed by atoms with Gasteiger partial charge in [-0.2, -0.15) is 0 Å². The maximum Gasteiger partial charge on any atom is 0.110 e. The second kappa shape index (κ2) is 10.9. The van der Waals surface area contributed by atoms with Crippen LogP contribution in [0.15, 0.2) is 134 Å². The first-order chi connectivity index (χ1) is 21.0. The third-order valence-corrected chi connectivity index (χ3v) is 7.82. The minimum absolute atomic E-state index is 0.947. The van der Waals surface area contributed by atoms with Crippen LogP contribution in [-0.4, -0.2) is 28.7 Å². The third kappa shape index (κ3) is 5.12. The van der Waals surface area contributed by atoms with E-state index in [1.54, 1.807) is 0 Å². The van der Waals surface area contributed by atoms with Gasteiger partial charge < -0.3 is 13.7 Å². The highest BCUT2D eigenvalue weighted by Gasteiger charge is 2.12. The van der Waals surface area contributed by atoms with Crippen molar-refractivity contribution in [3.05, 3.63) is 168 Å². The summed E-state index contributed by atoms with van der Waals surface area (Å²) in [5.74, 6) is 2.84. The van der Waals surface area contributed by atoms with Crippen molar-refractivity contribution in [1.29, 1.82) is 0 Å². The van der Waals surface area contributed by atoms with E-state index in [9.17, 15) is 0 Å². The highest BCUT2D eigenvalue weighted by Crippen LogP contribution is 2.32. The highest BCUT2D eigenvalue weighted by atomic mass is 15.1. The number of rotatable bonds is 6. The molecule has 7 rings (SSSR count). The lowest BCUT2D eigenvalue weighted by atomic mass is 9.97. The Balaban J connectivity index is 1.37. The molecule has 1 aliphatic rings. The molecule has 0 saturated heterocycles. The number of imidazole rings is 3. The van der Waals surface area contributed by atoms with Gasteiger partial charge in [-0.15, -0.1) is 5.73 Å². The fourth-order valence-corrected chi connectivity index (χ4v) is 5.55. The zero-order chi connectivity index (χ0) is 29.3. The second-order valence-corrected chi connectivity index (χ2v) is 10.6. The van der Waals surface area contributed by atoms with Gasteiger partial charge in [0, 0.05) is 59.8 Å². The Labute approximate surface area is 251 Å². The standard InChI is InChI=1S/C37H30N6/c1-26-38-15-18-41(26)35-10-4-7-29(23-35)32-13-14-33(30-8-5-11-36(24-30)42-19-16-39-27(42)2)22-34(21-32)31-9-6-12-37(25-31)43-20-17-40-28(43)3/h4-13,15-25H,1-3H3. The average molecular weight is 559 g/mol. The molecule has 6 nitrogen and oxygen atoms in total. The monoisotopic (exact) mass is 558 g/mol. The van der Waals surface area contributed by atoms with Crippen LogP contribution in [0.1, 0.15) is 34.2 Å². The molecule has 0 amide bonds. The number of aromatic nitrogens is 6. The van der Waals surface area contributed by atoms with Crippen molar-refractivity contribution in [2.24, 2.45) is 0 Å². The number of hydrogen-bond donors (Lipinski definition) is 0. The van der Waals surface area contributed by atoms with Crippen molar-refractivity contribution in [2.75, 3.05) is 0 Å². The smallest absolute Gasteiger partial charge is 0.110 e. The van der Waals surface area contributed by atoms with Crippen LogP contribution in [0.25, 0.3) is 33.8 Å². The van der Waals surface area contributed by atoms with Crippen molar-refractivity contribution in [3.8, 4) is 17.1 Å². The molecule has 0 saturated carbocycles. The first-order valence-corrected chi connectivity index (χ1v) is 14.3. The first-order valence-electron chi connectivity index (χ1n) is 14.3. The molecule has 3 heterocycles. The molecular formula is C37H30N6. The number of benzene rings is 3. The van der Waals surface area contributed by atoms with Gasteiger partial charge in [-0.1, -0.05) is 36.4 Å². The fourth-order valence-electron chi connectivity index (χ4n) is 5.55. The molecule has 1 aliphatic carbocycles. The molecule has 6 heteroatoms. The van der Waals surface area contributed by atoms with E-state index < -0.39 is 0 Å². The Kier molecular flexibility index (Phi) is 6.66. The quantitative estimate of drug-likeness (QED) is 0.195. The SMILES string of the molecule is Cc1nccn1-c1cccc(C2=C=CC(c3cccc(-n4ccnc4C)c3)=CC(c3cccc(-n4ccnc4C)c3)=C2)c1. The Hall–Kier alpha value is -5.71. The molecule has 0 aliphatic heterocycles. The van der Waals surface area contributed by atoms with Crippen molar-refractivity contribution in [1.82, 2.24) is 28.7 Å². The van der Waals surface area contributed by atoms with Gasteiger partial charge in [-0.3, -0.25) is 0 Å². The maximum atomic E-state index is 4.43. The van der Waals surface area contributed by atoms with Gasteiger partial charge in [0.1, 0.15) is 17.5 Å². The molecule has 0 bridgehead atoms. The Bertz CT molecular complexity index is 2110. The first kappa shape index (κ1) is 26.2. The van der Waals surface area contributed by atoms with E-state index in [4.69, 9.17) is 0 Å². The van der Waals surface area contributed by atoms with E-state index in [0.717, 1.165) is 67.9 Å². The fraction of sp³-hybridized carbons (Fsp3) is 0.0811. The number of nitrogens with zero attached hydrogens (tertiary/aromatic N) is 6. The number of aryl methyl sites for hydroxylation is 3. The average Bonchev–Trinajstić information content (AvgIpc) is 3.74. The van der Waals surface area contributed by atoms with Crippen molar-refractivity contribution < 1.29 is 0 Å². The molecule has 6 aromatic rings. The van der Waals surface area contributed by atoms with E-state index in [1.807, 2.05) is 58.0 Å². The summed E-state index contributed by atoms with van der Waals surface area (Å²) in [7, 11) is 0. The van der Waals surface area contributed by atoms with Gasteiger partial charge in [0.05, 0.1) is 0 Å². The van der Waals surface area contributed by atoms with Crippen molar-refractivity contribution in [2.45, 2.75) is 20.8 Å². The molecule has 0 fully saturated rings. The summed E-state index contributed by atoms with van der Waals surface area (Å²) in [5, 5.41) is 0. The van der Waals surface area contributed by atoms with Gasteiger partial charge in [0.2, 0.25) is 0 Å². The minimum Gasteiger partial charge on any atom is -0.304 e. The summed E-state index contributed by atoms with van der Waals surface area (Å²) in [6.45, 7) is 6.05. The van der Waals surface area contributed by atoms with Crippen LogP contribution in [0.5, 0.6) is 0 Å². The Morgan fingerprint density at radius 3 is 1.42 bits per heavy atom. The molecule has 0 spiro atoms. The lowest BCUT2D eigenvalue weighted by Crippen LogP contribution is -1.97. The van der Waals surface area contributed by atoms with Gasteiger partial charge in [0.15, 0.2) is 0 Å². The molecule has 0 radical (unpaired) electrons. The lowest BCUT2D eigenvalue weighted by Gasteiger charge is -2.12. The molecular weight excluding hydrogens is 528 g/mol. The molecule has 0 N–H and O–H groups in total. The van der Waals surface area contributed by atoms with Crippen LogP contribution in [0.3, 0.4) is 0 Å². The summed E-state index contributed by atoms with van der Waals surface area (Å²) >= 11 is 0. The zero-order valence-electron chi connectivity index (χ0n) is 24.3. The van der Waals surface area contributed by atoms with Gasteiger partial charge >= 0.3 is 0 Å². The van der Waals surface area contributed by atoms with Crippen LogP contribution in [0.4, 0.5) is 0 Å². The summed E-state index contributed by atoms with van der Waals surface area (Å²) in [5.41, 5.74) is 13.3. The second-order valence-electron chi connectivity index (χ2n) is 10.6. The number of allylic oxidation sites excluding steroid dienone is 5. The van der Waals surface area contributed by atoms with Crippen LogP contribution >= 0.6 is 0 Å². The van der Waals surface area contributed by atoms with Crippen molar-refractivity contribution in [3.63, 3.8) is 0 Å². The number of hydrogen-bond acceptors (Lipinski definition) is 3. The van der Waals surface area contributed by atoms with E-state index in [-0.39, 0.29) is 0 Å². The predicted octanol–water partition coefficient (Wildman–Crippen LogP) is 7.89. The van der Waals surface area contributed by atoms with Gasteiger partial charge in [0.25, 0.3) is 0 Å². The third-order valence-electron chi connectivity index (χ3n) is 7.82. The zero-order valence-corrected chi connectivity index (χ0v) is 24.3. The lowest BCUT2D eigenvalue weighted by molar-refractivity contribution is 0.974. The Morgan fingerprint density at radius 2 is 0.953 bits per heavy atom. The predicted molar refractivity (Wildman–Crippen MR) is 172 cm³/mol. The van der Waals surface area contributed by atoms with Gasteiger partial charge in [-0.25, -0.2) is 15.0 Å². The maximum absolute atomic E-state index is 4.43. The van der Waals surface area contributed by atoms with Gasteiger partial charge in [-0.05, 0) is 103 Å². The van der Waals surface area contributed by atoms with E-state index in [2.05, 4.69) is 125 Å². The Morgan fingerprint density at radius 1 is 0.512 bits per heavy atom. The molecule has 43 heavy (non-hydrogen) atoms. The molecule has 0 unspecified atom stereocenters. The largest absolute Gasteiger partial charge is 0.304 e.